The number of hydrogen-bond donors (Lipinski definition) is 2. The first-order valence-corrected chi connectivity index (χ1v) is 12.6. The standard InChI is InChI=1S/C23H21N7O4S2/c1-14-5-3-6-16(11-14)29-19(12-25-21(32)17-7-4-8-18(15(17)2)30(33)34)27-28-23(29)36-13-20(31)26-22-24-9-10-35-22/h3-11H,12-13H2,1-2H3,(H,25,32)(H,24,26,31). The number of anilines is 1. The van der Waals surface area contributed by atoms with Crippen LogP contribution in [0.1, 0.15) is 27.3 Å². The van der Waals surface area contributed by atoms with E-state index in [2.05, 4.69) is 25.8 Å². The summed E-state index contributed by atoms with van der Waals surface area (Å²) in [6, 6.07) is 12.0. The Balaban J connectivity index is 1.54. The molecule has 4 rings (SSSR count). The summed E-state index contributed by atoms with van der Waals surface area (Å²) in [6.45, 7) is 3.51. The topological polar surface area (TPSA) is 145 Å². The summed E-state index contributed by atoms with van der Waals surface area (Å²) >= 11 is 2.53. The van der Waals surface area contributed by atoms with Gasteiger partial charge in [0.1, 0.15) is 0 Å². The van der Waals surface area contributed by atoms with Gasteiger partial charge in [0.25, 0.3) is 11.6 Å². The number of aromatic nitrogens is 4. The minimum atomic E-state index is -0.519. The van der Waals surface area contributed by atoms with Crippen molar-refractivity contribution in [3.8, 4) is 5.69 Å². The van der Waals surface area contributed by atoms with Crippen LogP contribution in [-0.2, 0) is 11.3 Å². The highest BCUT2D eigenvalue weighted by Gasteiger charge is 2.20. The first kappa shape index (κ1) is 25.0. The van der Waals surface area contributed by atoms with Crippen molar-refractivity contribution < 1.29 is 14.5 Å². The summed E-state index contributed by atoms with van der Waals surface area (Å²) in [5.74, 6) is -0.167. The van der Waals surface area contributed by atoms with E-state index >= 15 is 0 Å². The molecule has 0 aliphatic rings. The molecule has 0 radical (unpaired) electrons. The number of nitrogens with one attached hydrogen (secondary N) is 2. The lowest BCUT2D eigenvalue weighted by Crippen LogP contribution is -2.25. The maximum atomic E-state index is 12.8. The van der Waals surface area contributed by atoms with E-state index < -0.39 is 10.8 Å². The largest absolute Gasteiger partial charge is 0.345 e. The SMILES string of the molecule is Cc1cccc(-n2c(CNC(=O)c3cccc([N+](=O)[O-])c3C)nnc2SCC(=O)Nc2nccs2)c1. The van der Waals surface area contributed by atoms with E-state index in [0.717, 1.165) is 11.3 Å². The van der Waals surface area contributed by atoms with Gasteiger partial charge in [-0.15, -0.1) is 21.5 Å². The molecule has 0 saturated carbocycles. The van der Waals surface area contributed by atoms with Crippen molar-refractivity contribution in [2.45, 2.75) is 25.5 Å². The Kier molecular flexibility index (Phi) is 7.71. The molecule has 36 heavy (non-hydrogen) atoms. The molecule has 11 nitrogen and oxygen atoms in total. The van der Waals surface area contributed by atoms with Crippen LogP contribution in [0, 0.1) is 24.0 Å². The van der Waals surface area contributed by atoms with Gasteiger partial charge in [0.2, 0.25) is 5.91 Å². The number of nitrogens with zero attached hydrogens (tertiary/aromatic N) is 5. The van der Waals surface area contributed by atoms with Crippen LogP contribution in [0.5, 0.6) is 0 Å². The minimum absolute atomic E-state index is 0.0216. The molecular formula is C23H21N7O4S2. The number of thioether (sulfide) groups is 1. The molecule has 0 aliphatic carbocycles. The molecule has 13 heteroatoms. The van der Waals surface area contributed by atoms with Gasteiger partial charge < -0.3 is 10.6 Å². The summed E-state index contributed by atoms with van der Waals surface area (Å²) < 4.78 is 1.77. The molecule has 2 aromatic heterocycles. The number of carbonyl (C=O) groups excluding carboxylic acids is 2. The summed E-state index contributed by atoms with van der Waals surface area (Å²) in [5, 5.41) is 28.0. The third-order valence-corrected chi connectivity index (χ3v) is 6.74. The van der Waals surface area contributed by atoms with Gasteiger partial charge in [0.05, 0.1) is 17.2 Å². The number of hydrogen-bond acceptors (Lipinski definition) is 9. The minimum Gasteiger partial charge on any atom is -0.345 e. The Bertz CT molecular complexity index is 1420. The summed E-state index contributed by atoms with van der Waals surface area (Å²) in [4.78, 5) is 39.9. The number of carbonyl (C=O) groups is 2. The van der Waals surface area contributed by atoms with E-state index in [0.29, 0.717) is 16.1 Å². The fourth-order valence-corrected chi connectivity index (χ4v) is 4.74. The normalized spacial score (nSPS) is 10.7. The Morgan fingerprint density at radius 2 is 1.97 bits per heavy atom. The maximum absolute atomic E-state index is 12.8. The molecule has 4 aromatic rings. The van der Waals surface area contributed by atoms with Crippen LogP contribution in [0.2, 0.25) is 0 Å². The van der Waals surface area contributed by atoms with E-state index in [1.807, 2.05) is 31.2 Å². The number of nitro benzene ring substituents is 1. The van der Waals surface area contributed by atoms with Gasteiger partial charge in [-0.2, -0.15) is 0 Å². The Hall–Kier alpha value is -4.10. The van der Waals surface area contributed by atoms with Crippen molar-refractivity contribution in [1.29, 1.82) is 0 Å². The molecule has 0 bridgehead atoms. The zero-order chi connectivity index (χ0) is 25.7. The molecular weight excluding hydrogens is 502 g/mol. The van der Waals surface area contributed by atoms with Crippen LogP contribution < -0.4 is 10.6 Å². The highest BCUT2D eigenvalue weighted by atomic mass is 32.2. The van der Waals surface area contributed by atoms with Gasteiger partial charge in [-0.3, -0.25) is 24.3 Å². The van der Waals surface area contributed by atoms with Gasteiger partial charge in [-0.25, -0.2) is 4.98 Å². The summed E-state index contributed by atoms with van der Waals surface area (Å²) in [5.41, 5.74) is 2.15. The molecule has 0 unspecified atom stereocenters. The Labute approximate surface area is 214 Å². The van der Waals surface area contributed by atoms with Gasteiger partial charge in [0, 0.05) is 34.5 Å². The predicted octanol–water partition coefficient (Wildman–Crippen LogP) is 3.91. The fourth-order valence-electron chi connectivity index (χ4n) is 3.43. The average Bonchev–Trinajstić information content (AvgIpc) is 3.51. The third-order valence-electron chi connectivity index (χ3n) is 5.12. The second-order valence-corrected chi connectivity index (χ2v) is 9.47. The lowest BCUT2D eigenvalue weighted by atomic mass is 10.1. The van der Waals surface area contributed by atoms with Crippen LogP contribution in [-0.4, -0.2) is 42.2 Å². The van der Waals surface area contributed by atoms with Crippen LogP contribution in [0.3, 0.4) is 0 Å². The number of thiazole rings is 1. The highest BCUT2D eigenvalue weighted by Crippen LogP contribution is 2.24. The molecule has 0 atom stereocenters. The number of aryl methyl sites for hydroxylation is 1. The highest BCUT2D eigenvalue weighted by molar-refractivity contribution is 7.99. The Morgan fingerprint density at radius 1 is 1.17 bits per heavy atom. The van der Waals surface area contributed by atoms with E-state index in [4.69, 9.17) is 0 Å². The number of benzene rings is 2. The van der Waals surface area contributed by atoms with Crippen LogP contribution >= 0.6 is 23.1 Å². The molecule has 2 aromatic carbocycles. The zero-order valence-electron chi connectivity index (χ0n) is 19.3. The first-order valence-electron chi connectivity index (χ1n) is 10.7. The average molecular weight is 524 g/mol. The van der Waals surface area contributed by atoms with Crippen molar-refractivity contribution in [3.63, 3.8) is 0 Å². The molecule has 0 saturated heterocycles. The van der Waals surface area contributed by atoms with Crippen LogP contribution in [0.4, 0.5) is 10.8 Å². The van der Waals surface area contributed by atoms with Crippen molar-refractivity contribution in [3.05, 3.63) is 86.7 Å². The van der Waals surface area contributed by atoms with Crippen molar-refractivity contribution in [2.75, 3.05) is 11.1 Å². The molecule has 184 valence electrons. The van der Waals surface area contributed by atoms with E-state index in [1.54, 1.807) is 16.1 Å². The van der Waals surface area contributed by atoms with Crippen LogP contribution in [0.25, 0.3) is 5.69 Å². The molecule has 2 amide bonds. The molecule has 0 fully saturated rings. The van der Waals surface area contributed by atoms with E-state index in [-0.39, 0.29) is 35.0 Å². The molecule has 2 heterocycles. The van der Waals surface area contributed by atoms with Crippen molar-refractivity contribution in [1.82, 2.24) is 25.1 Å². The molecule has 2 N–H and O–H groups in total. The molecule has 0 aliphatic heterocycles. The lowest BCUT2D eigenvalue weighted by Gasteiger charge is -2.12. The van der Waals surface area contributed by atoms with Crippen LogP contribution in [0.15, 0.2) is 59.2 Å². The second kappa shape index (κ2) is 11.1. The Morgan fingerprint density at radius 3 is 2.69 bits per heavy atom. The number of nitro groups is 1. The molecule has 0 spiro atoms. The summed E-state index contributed by atoms with van der Waals surface area (Å²) in [6.07, 6.45) is 1.61. The maximum Gasteiger partial charge on any atom is 0.273 e. The first-order chi connectivity index (χ1) is 17.3. The second-order valence-electron chi connectivity index (χ2n) is 7.64. The quantitative estimate of drug-likeness (QED) is 0.191. The summed E-state index contributed by atoms with van der Waals surface area (Å²) in [7, 11) is 0. The lowest BCUT2D eigenvalue weighted by molar-refractivity contribution is -0.385. The van der Waals surface area contributed by atoms with Gasteiger partial charge in [-0.1, -0.05) is 30.0 Å². The predicted molar refractivity (Wildman–Crippen MR) is 137 cm³/mol. The fraction of sp³-hybridized carbons (Fsp3) is 0.174. The smallest absolute Gasteiger partial charge is 0.273 e. The number of rotatable bonds is 9. The van der Waals surface area contributed by atoms with Crippen molar-refractivity contribution in [2.24, 2.45) is 0 Å². The van der Waals surface area contributed by atoms with Crippen molar-refractivity contribution >= 4 is 45.7 Å². The van der Waals surface area contributed by atoms with E-state index in [9.17, 15) is 19.7 Å². The van der Waals surface area contributed by atoms with Gasteiger partial charge >= 0.3 is 0 Å². The van der Waals surface area contributed by atoms with E-state index in [1.165, 1.54) is 48.2 Å². The zero-order valence-corrected chi connectivity index (χ0v) is 20.9. The van der Waals surface area contributed by atoms with Gasteiger partial charge in [-0.05, 0) is 37.6 Å². The number of amides is 2. The third kappa shape index (κ3) is 5.75. The monoisotopic (exact) mass is 523 g/mol. The van der Waals surface area contributed by atoms with Gasteiger partial charge in [0.15, 0.2) is 16.1 Å².